The van der Waals surface area contributed by atoms with E-state index >= 15 is 0 Å². The van der Waals surface area contributed by atoms with Gasteiger partial charge in [-0.2, -0.15) is 0 Å². The van der Waals surface area contributed by atoms with E-state index in [1.165, 1.54) is 20.3 Å². The van der Waals surface area contributed by atoms with E-state index in [4.69, 9.17) is 9.47 Å². The number of Topliss-reactive ketones (excluding diaryl/α,β-unsaturated/α-hetero) is 1. The highest BCUT2D eigenvalue weighted by atomic mass is 19.1. The van der Waals surface area contributed by atoms with Crippen LogP contribution in [0.1, 0.15) is 34.2 Å². The second kappa shape index (κ2) is 8.90. The summed E-state index contributed by atoms with van der Waals surface area (Å²) < 4.78 is 26.6. The predicted molar refractivity (Wildman–Crippen MR) is 127 cm³/mol. The fourth-order valence-corrected chi connectivity index (χ4v) is 4.46. The number of hydrogen-bond acceptors (Lipinski definition) is 5. The molecule has 1 aliphatic rings. The van der Waals surface area contributed by atoms with Crippen LogP contribution in [0.25, 0.3) is 5.69 Å². The number of aryl methyl sites for hydroxylation is 1. The molecule has 35 heavy (non-hydrogen) atoms. The molecule has 2 heterocycles. The third kappa shape index (κ3) is 3.92. The summed E-state index contributed by atoms with van der Waals surface area (Å²) in [6, 6.07) is 12.1. The van der Waals surface area contributed by atoms with Crippen molar-refractivity contribution >= 4 is 17.7 Å². The highest BCUT2D eigenvalue weighted by Crippen LogP contribution is 2.35. The molecule has 1 aromatic heterocycles. The number of carbonyl (C=O) groups excluding carboxylic acids is 3. The number of halogens is 1. The molecule has 1 N–H and O–H groups in total. The van der Waals surface area contributed by atoms with E-state index in [1.807, 2.05) is 0 Å². The predicted octanol–water partition coefficient (Wildman–Crippen LogP) is 3.90. The Morgan fingerprint density at radius 3 is 2.37 bits per heavy atom. The van der Waals surface area contributed by atoms with Gasteiger partial charge in [-0.25, -0.2) is 9.18 Å². The number of benzene rings is 2. The van der Waals surface area contributed by atoms with Crippen molar-refractivity contribution in [2.75, 3.05) is 20.8 Å². The molecule has 4 rings (SSSR count). The summed E-state index contributed by atoms with van der Waals surface area (Å²) in [5.41, 5.74) is 0.904. The molecule has 0 saturated carbocycles. The molecule has 1 unspecified atom stereocenters. The van der Waals surface area contributed by atoms with Gasteiger partial charge in [-0.05, 0) is 56.7 Å². The van der Waals surface area contributed by atoms with Crippen LogP contribution in [0.3, 0.4) is 0 Å². The number of urea groups is 1. The topological polar surface area (TPSA) is 89.9 Å². The van der Waals surface area contributed by atoms with Gasteiger partial charge in [-0.1, -0.05) is 18.2 Å². The number of carbonyl (C=O) groups is 3. The van der Waals surface area contributed by atoms with Crippen LogP contribution in [0.5, 0.6) is 11.5 Å². The molecule has 182 valence electrons. The minimum Gasteiger partial charge on any atom is -0.493 e. The number of rotatable bonds is 7. The van der Waals surface area contributed by atoms with Crippen molar-refractivity contribution in [3.05, 3.63) is 76.9 Å². The van der Waals surface area contributed by atoms with Crippen LogP contribution in [-0.4, -0.2) is 48.0 Å². The van der Waals surface area contributed by atoms with E-state index in [0.717, 1.165) is 4.90 Å². The monoisotopic (exact) mass is 479 g/mol. The Hall–Kier alpha value is -4.14. The van der Waals surface area contributed by atoms with E-state index < -0.39 is 35.6 Å². The Balaban J connectivity index is 1.62. The molecule has 3 aromatic rings. The molecule has 0 aliphatic carbocycles. The smallest absolute Gasteiger partial charge is 0.325 e. The number of methoxy groups -OCH3 is 2. The molecule has 1 fully saturated rings. The molecule has 0 bridgehead atoms. The van der Waals surface area contributed by atoms with Gasteiger partial charge in [-0.15, -0.1) is 0 Å². The molecule has 1 saturated heterocycles. The molecular formula is C26H26FN3O5. The van der Waals surface area contributed by atoms with Crippen LogP contribution >= 0.6 is 0 Å². The van der Waals surface area contributed by atoms with Crippen LogP contribution in [0.2, 0.25) is 0 Å². The van der Waals surface area contributed by atoms with Gasteiger partial charge >= 0.3 is 6.03 Å². The molecule has 1 atom stereocenters. The van der Waals surface area contributed by atoms with Crippen LogP contribution in [0.15, 0.2) is 48.5 Å². The molecule has 8 nitrogen and oxygen atoms in total. The molecule has 9 heteroatoms. The highest BCUT2D eigenvalue weighted by molar-refractivity contribution is 6.11. The Kier molecular flexibility index (Phi) is 6.10. The summed E-state index contributed by atoms with van der Waals surface area (Å²) in [6.07, 6.45) is 0. The fraction of sp³-hybridized carbons (Fsp3) is 0.269. The van der Waals surface area contributed by atoms with Gasteiger partial charge in [-0.3, -0.25) is 14.5 Å². The molecule has 1 aliphatic heterocycles. The summed E-state index contributed by atoms with van der Waals surface area (Å²) in [7, 11) is 2.97. The number of nitrogens with zero attached hydrogens (tertiary/aromatic N) is 2. The molecule has 0 spiro atoms. The average molecular weight is 480 g/mol. The Bertz CT molecular complexity index is 1350. The first kappa shape index (κ1) is 24.0. The number of nitrogens with one attached hydrogen (secondary N) is 1. The summed E-state index contributed by atoms with van der Waals surface area (Å²) in [5.74, 6) is -0.530. The van der Waals surface area contributed by atoms with Gasteiger partial charge in [0, 0.05) is 17.0 Å². The zero-order chi connectivity index (χ0) is 25.5. The van der Waals surface area contributed by atoms with Crippen LogP contribution in [-0.2, 0) is 10.3 Å². The van der Waals surface area contributed by atoms with Gasteiger partial charge in [0.05, 0.1) is 26.5 Å². The van der Waals surface area contributed by atoms with E-state index in [2.05, 4.69) is 5.32 Å². The summed E-state index contributed by atoms with van der Waals surface area (Å²) in [4.78, 5) is 40.2. The first-order chi connectivity index (χ1) is 16.6. The number of ether oxygens (including phenoxy) is 2. The number of para-hydroxylation sites is 1. The van der Waals surface area contributed by atoms with Crippen molar-refractivity contribution in [1.29, 1.82) is 0 Å². The third-order valence-corrected chi connectivity index (χ3v) is 6.36. The second-order valence-electron chi connectivity index (χ2n) is 8.51. The number of imide groups is 1. The maximum Gasteiger partial charge on any atom is 0.325 e. The minimum atomic E-state index is -1.39. The third-order valence-electron chi connectivity index (χ3n) is 6.36. The number of aromatic nitrogens is 1. The summed E-state index contributed by atoms with van der Waals surface area (Å²) >= 11 is 0. The zero-order valence-corrected chi connectivity index (χ0v) is 20.1. The molecule has 0 radical (unpaired) electrons. The van der Waals surface area contributed by atoms with Crippen molar-refractivity contribution in [1.82, 2.24) is 14.8 Å². The lowest BCUT2D eigenvalue weighted by Gasteiger charge is -2.23. The quantitative estimate of drug-likeness (QED) is 0.410. The summed E-state index contributed by atoms with van der Waals surface area (Å²) in [6.45, 7) is 4.59. The highest BCUT2D eigenvalue weighted by Gasteiger charge is 2.50. The van der Waals surface area contributed by atoms with Crippen molar-refractivity contribution in [2.24, 2.45) is 0 Å². The molecule has 3 amide bonds. The Labute approximate surface area is 202 Å². The number of hydrogen-bond donors (Lipinski definition) is 1. The van der Waals surface area contributed by atoms with Gasteiger partial charge in [0.1, 0.15) is 11.4 Å². The zero-order valence-electron chi connectivity index (χ0n) is 20.1. The first-order valence-electron chi connectivity index (χ1n) is 11.0. The lowest BCUT2D eigenvalue weighted by molar-refractivity contribution is -0.130. The van der Waals surface area contributed by atoms with E-state index in [9.17, 15) is 18.8 Å². The Morgan fingerprint density at radius 2 is 1.71 bits per heavy atom. The molecular weight excluding hydrogens is 453 g/mol. The van der Waals surface area contributed by atoms with E-state index in [-0.39, 0.29) is 0 Å². The maximum atomic E-state index is 14.4. The van der Waals surface area contributed by atoms with Crippen molar-refractivity contribution in [3.63, 3.8) is 0 Å². The largest absolute Gasteiger partial charge is 0.493 e. The Morgan fingerprint density at radius 1 is 1.03 bits per heavy atom. The first-order valence-corrected chi connectivity index (χ1v) is 11.0. The SMILES string of the molecule is COc1ccc(C2(C)NC(=O)N(CC(=O)c3cc(C)n(-c4ccccc4F)c3C)C2=O)cc1OC. The van der Waals surface area contributed by atoms with Gasteiger partial charge in [0.2, 0.25) is 0 Å². The average Bonchev–Trinajstić information content (AvgIpc) is 3.26. The van der Waals surface area contributed by atoms with Crippen LogP contribution < -0.4 is 14.8 Å². The van der Waals surface area contributed by atoms with E-state index in [1.54, 1.807) is 67.8 Å². The second-order valence-corrected chi connectivity index (χ2v) is 8.51. The van der Waals surface area contributed by atoms with Crippen molar-refractivity contribution in [2.45, 2.75) is 26.3 Å². The normalized spacial score (nSPS) is 17.5. The van der Waals surface area contributed by atoms with Gasteiger partial charge in [0.15, 0.2) is 17.3 Å². The fourth-order valence-electron chi connectivity index (χ4n) is 4.46. The lowest BCUT2D eigenvalue weighted by atomic mass is 9.91. The van der Waals surface area contributed by atoms with Gasteiger partial charge in [0.25, 0.3) is 5.91 Å². The minimum absolute atomic E-state index is 0.311. The van der Waals surface area contributed by atoms with Crippen molar-refractivity contribution in [3.8, 4) is 17.2 Å². The number of ketones is 1. The standard InChI is InChI=1S/C26H26FN3O5/c1-15-12-18(16(2)30(15)20-9-7-6-8-19(20)27)21(31)14-29-24(32)26(3,28-25(29)33)17-10-11-22(34-4)23(13-17)35-5/h6-13H,14H2,1-5H3,(H,28,33). The molecule has 2 aromatic carbocycles. The van der Waals surface area contributed by atoms with Crippen LogP contribution in [0.4, 0.5) is 9.18 Å². The lowest BCUT2D eigenvalue weighted by Crippen LogP contribution is -2.41. The summed E-state index contributed by atoms with van der Waals surface area (Å²) in [5, 5.41) is 2.69. The van der Waals surface area contributed by atoms with E-state index in [0.29, 0.717) is 39.7 Å². The maximum absolute atomic E-state index is 14.4. The van der Waals surface area contributed by atoms with Gasteiger partial charge < -0.3 is 19.4 Å². The number of amides is 3. The van der Waals surface area contributed by atoms with Crippen LogP contribution in [0, 0.1) is 19.7 Å². The van der Waals surface area contributed by atoms with Crippen molar-refractivity contribution < 1.29 is 28.2 Å².